The van der Waals surface area contributed by atoms with Crippen LogP contribution in [0.4, 0.5) is 5.82 Å². The molecule has 1 atom stereocenters. The van der Waals surface area contributed by atoms with Gasteiger partial charge in [-0.15, -0.1) is 0 Å². The van der Waals surface area contributed by atoms with E-state index >= 15 is 0 Å². The molecule has 1 fully saturated rings. The molecule has 28 heavy (non-hydrogen) atoms. The smallest absolute Gasteiger partial charge is 0.350 e. The quantitative estimate of drug-likeness (QED) is 0.636. The fourth-order valence-electron chi connectivity index (χ4n) is 3.57. The van der Waals surface area contributed by atoms with Crippen LogP contribution in [0.5, 0.6) is 5.75 Å². The van der Waals surface area contributed by atoms with E-state index in [1.807, 2.05) is 4.90 Å². The van der Waals surface area contributed by atoms with Gasteiger partial charge in [0.25, 0.3) is 0 Å². The number of carbonyl (C=O) groups excluding carboxylic acids is 1. The van der Waals surface area contributed by atoms with Gasteiger partial charge in [-0.3, -0.25) is 0 Å². The SMILES string of the molecule is COC(=O)C1CCCN1c1ncccc1-c1nc2cccc(OC)c2c(=O)o1. The number of hydrogen-bond donors (Lipinski definition) is 0. The van der Waals surface area contributed by atoms with E-state index in [-0.39, 0.29) is 17.2 Å². The van der Waals surface area contributed by atoms with E-state index in [9.17, 15) is 9.59 Å². The summed E-state index contributed by atoms with van der Waals surface area (Å²) in [6, 6.07) is 8.25. The average molecular weight is 381 g/mol. The lowest BCUT2D eigenvalue weighted by Gasteiger charge is -2.25. The number of hydrogen-bond acceptors (Lipinski definition) is 8. The monoisotopic (exact) mass is 381 g/mol. The van der Waals surface area contributed by atoms with Gasteiger partial charge < -0.3 is 18.8 Å². The molecule has 1 aromatic carbocycles. The van der Waals surface area contributed by atoms with Crippen molar-refractivity contribution in [3.8, 4) is 17.2 Å². The molecular formula is C20H19N3O5. The van der Waals surface area contributed by atoms with Crippen LogP contribution in [0.3, 0.4) is 0 Å². The van der Waals surface area contributed by atoms with E-state index in [1.165, 1.54) is 14.2 Å². The zero-order chi connectivity index (χ0) is 19.7. The van der Waals surface area contributed by atoms with E-state index in [2.05, 4.69) is 9.97 Å². The number of benzene rings is 1. The Balaban J connectivity index is 1.85. The normalized spacial score (nSPS) is 16.4. The Morgan fingerprint density at radius 1 is 1.25 bits per heavy atom. The summed E-state index contributed by atoms with van der Waals surface area (Å²) in [5.41, 5.74) is 0.463. The number of methoxy groups -OCH3 is 2. The van der Waals surface area contributed by atoms with Gasteiger partial charge in [-0.2, -0.15) is 0 Å². The summed E-state index contributed by atoms with van der Waals surface area (Å²) < 4.78 is 15.7. The van der Waals surface area contributed by atoms with Crippen molar-refractivity contribution in [2.45, 2.75) is 18.9 Å². The zero-order valence-corrected chi connectivity index (χ0v) is 15.5. The highest BCUT2D eigenvalue weighted by Gasteiger charge is 2.34. The summed E-state index contributed by atoms with van der Waals surface area (Å²) >= 11 is 0. The molecule has 144 valence electrons. The van der Waals surface area contributed by atoms with E-state index < -0.39 is 11.7 Å². The van der Waals surface area contributed by atoms with Crippen molar-refractivity contribution in [2.24, 2.45) is 0 Å². The Morgan fingerprint density at radius 3 is 2.89 bits per heavy atom. The highest BCUT2D eigenvalue weighted by atomic mass is 16.5. The summed E-state index contributed by atoms with van der Waals surface area (Å²) in [5, 5.41) is 0.285. The van der Waals surface area contributed by atoms with Crippen molar-refractivity contribution in [1.82, 2.24) is 9.97 Å². The second kappa shape index (κ2) is 7.30. The molecule has 0 radical (unpaired) electrons. The van der Waals surface area contributed by atoms with Crippen LogP contribution in [0, 0.1) is 0 Å². The summed E-state index contributed by atoms with van der Waals surface area (Å²) in [4.78, 5) is 35.6. The molecule has 0 spiro atoms. The van der Waals surface area contributed by atoms with Crippen LogP contribution in [0.15, 0.2) is 45.7 Å². The second-order valence-electron chi connectivity index (χ2n) is 6.41. The van der Waals surface area contributed by atoms with Crippen molar-refractivity contribution < 1.29 is 18.7 Å². The minimum Gasteiger partial charge on any atom is -0.496 e. The summed E-state index contributed by atoms with van der Waals surface area (Å²) in [7, 11) is 2.86. The molecule has 0 amide bonds. The zero-order valence-electron chi connectivity index (χ0n) is 15.5. The molecule has 0 aliphatic carbocycles. The van der Waals surface area contributed by atoms with Crippen LogP contribution in [0.25, 0.3) is 22.4 Å². The van der Waals surface area contributed by atoms with Crippen molar-refractivity contribution in [3.05, 3.63) is 46.9 Å². The lowest BCUT2D eigenvalue weighted by atomic mass is 10.2. The molecule has 0 N–H and O–H groups in total. The summed E-state index contributed by atoms with van der Waals surface area (Å²) in [5.74, 6) is 0.770. The number of esters is 1. The first-order valence-electron chi connectivity index (χ1n) is 8.91. The van der Waals surface area contributed by atoms with Crippen LogP contribution in [-0.4, -0.2) is 42.7 Å². The standard InChI is InChI=1S/C20H19N3O5/c1-26-15-9-3-7-13-16(15)20(25)28-18(22-13)12-6-4-10-21-17(12)23-11-5-8-14(23)19(24)27-2/h3-4,6-7,9-10,14H,5,8,11H2,1-2H3. The number of aromatic nitrogens is 2. The number of nitrogens with zero attached hydrogens (tertiary/aromatic N) is 3. The van der Waals surface area contributed by atoms with E-state index in [0.717, 1.165) is 6.42 Å². The third-order valence-electron chi connectivity index (χ3n) is 4.85. The summed E-state index contributed by atoms with van der Waals surface area (Å²) in [6.45, 7) is 0.648. The number of ether oxygens (including phenoxy) is 2. The molecule has 8 nitrogen and oxygen atoms in total. The lowest BCUT2D eigenvalue weighted by Crippen LogP contribution is -2.37. The third-order valence-corrected chi connectivity index (χ3v) is 4.85. The van der Waals surface area contributed by atoms with E-state index in [1.54, 1.807) is 36.5 Å². The second-order valence-corrected chi connectivity index (χ2v) is 6.41. The van der Waals surface area contributed by atoms with Crippen molar-refractivity contribution in [1.29, 1.82) is 0 Å². The first-order chi connectivity index (χ1) is 13.6. The van der Waals surface area contributed by atoms with Gasteiger partial charge in [0, 0.05) is 12.7 Å². The third kappa shape index (κ3) is 2.96. The predicted octanol–water partition coefficient (Wildman–Crippen LogP) is 2.40. The molecule has 0 saturated carbocycles. The predicted molar refractivity (Wildman–Crippen MR) is 102 cm³/mol. The number of pyridine rings is 1. The Hall–Kier alpha value is -3.42. The molecule has 3 heterocycles. The maximum absolute atomic E-state index is 12.6. The molecule has 1 unspecified atom stereocenters. The van der Waals surface area contributed by atoms with Crippen LogP contribution in [0.1, 0.15) is 12.8 Å². The maximum Gasteiger partial charge on any atom is 0.350 e. The van der Waals surface area contributed by atoms with Crippen LogP contribution >= 0.6 is 0 Å². The molecule has 1 aliphatic rings. The molecule has 1 saturated heterocycles. The fourth-order valence-corrected chi connectivity index (χ4v) is 3.57. The molecular weight excluding hydrogens is 362 g/mol. The van der Waals surface area contributed by atoms with E-state index in [4.69, 9.17) is 13.9 Å². The van der Waals surface area contributed by atoms with Crippen LogP contribution < -0.4 is 15.3 Å². The first-order valence-corrected chi connectivity index (χ1v) is 8.91. The maximum atomic E-state index is 12.6. The van der Waals surface area contributed by atoms with Crippen molar-refractivity contribution >= 4 is 22.7 Å². The van der Waals surface area contributed by atoms with Gasteiger partial charge in [0.15, 0.2) is 0 Å². The molecule has 2 aromatic heterocycles. The van der Waals surface area contributed by atoms with Gasteiger partial charge in [0.2, 0.25) is 5.89 Å². The topological polar surface area (TPSA) is 94.8 Å². The number of anilines is 1. The van der Waals surface area contributed by atoms with Gasteiger partial charge in [-0.25, -0.2) is 19.6 Å². The lowest BCUT2D eigenvalue weighted by molar-refractivity contribution is -0.141. The van der Waals surface area contributed by atoms with Gasteiger partial charge >= 0.3 is 11.6 Å². The van der Waals surface area contributed by atoms with Gasteiger partial charge in [-0.05, 0) is 37.1 Å². The average Bonchev–Trinajstić information content (AvgIpc) is 3.22. The molecule has 1 aliphatic heterocycles. The minimum atomic E-state index is -0.543. The number of rotatable bonds is 4. The van der Waals surface area contributed by atoms with Crippen molar-refractivity contribution in [2.75, 3.05) is 25.7 Å². The Morgan fingerprint density at radius 2 is 2.11 bits per heavy atom. The van der Waals surface area contributed by atoms with Gasteiger partial charge in [0.05, 0.1) is 25.3 Å². The number of fused-ring (bicyclic) bond motifs is 1. The van der Waals surface area contributed by atoms with E-state index in [0.29, 0.717) is 35.6 Å². The molecule has 4 rings (SSSR count). The van der Waals surface area contributed by atoms with Crippen LogP contribution in [-0.2, 0) is 9.53 Å². The molecule has 3 aromatic rings. The number of carbonyl (C=O) groups is 1. The molecule has 8 heteroatoms. The highest BCUT2D eigenvalue weighted by molar-refractivity contribution is 5.86. The van der Waals surface area contributed by atoms with Crippen LogP contribution in [0.2, 0.25) is 0 Å². The Labute approximate surface area is 160 Å². The minimum absolute atomic E-state index is 0.143. The van der Waals surface area contributed by atoms with Gasteiger partial charge in [-0.1, -0.05) is 6.07 Å². The fraction of sp³-hybridized carbons (Fsp3) is 0.300. The summed E-state index contributed by atoms with van der Waals surface area (Å²) in [6.07, 6.45) is 3.14. The highest BCUT2D eigenvalue weighted by Crippen LogP contribution is 2.33. The first kappa shape index (κ1) is 18.0. The molecule has 0 bridgehead atoms. The van der Waals surface area contributed by atoms with Gasteiger partial charge in [0.1, 0.15) is 23.0 Å². The Bertz CT molecular complexity index is 1090. The largest absolute Gasteiger partial charge is 0.496 e. The van der Waals surface area contributed by atoms with Crippen molar-refractivity contribution in [3.63, 3.8) is 0 Å². The Kier molecular flexibility index (Phi) is 4.68.